The normalized spacial score (nSPS) is 25.0. The lowest BCUT2D eigenvalue weighted by Gasteiger charge is -2.36. The topological polar surface area (TPSA) is 35.5 Å². The predicted octanol–water partition coefficient (Wildman–Crippen LogP) is 1.85. The van der Waals surface area contributed by atoms with Gasteiger partial charge in [-0.3, -0.25) is 0 Å². The molecule has 0 aliphatic carbocycles. The van der Waals surface area contributed by atoms with E-state index in [9.17, 15) is 5.11 Å². The van der Waals surface area contributed by atoms with Gasteiger partial charge in [-0.2, -0.15) is 0 Å². The van der Waals surface area contributed by atoms with Crippen molar-refractivity contribution in [2.24, 2.45) is 0 Å². The maximum Gasteiger partial charge on any atom is 0.0648 e. The summed E-state index contributed by atoms with van der Waals surface area (Å²) in [4.78, 5) is 2.37. The molecule has 18 heavy (non-hydrogen) atoms. The Bertz CT molecular complexity index is 405. The molecule has 1 saturated heterocycles. The van der Waals surface area contributed by atoms with Gasteiger partial charge in [-0.25, -0.2) is 0 Å². The average molecular weight is 248 g/mol. The first kappa shape index (κ1) is 13.4. The van der Waals surface area contributed by atoms with Crippen LogP contribution in [-0.2, 0) is 0 Å². The number of rotatable bonds is 2. The zero-order valence-electron chi connectivity index (χ0n) is 11.6. The molecule has 0 spiro atoms. The number of nitrogens with zero attached hydrogens (tertiary/aromatic N) is 1. The van der Waals surface area contributed by atoms with Gasteiger partial charge in [-0.05, 0) is 57.0 Å². The summed E-state index contributed by atoms with van der Waals surface area (Å²) in [6.07, 6.45) is 1.11. The zero-order chi connectivity index (χ0) is 13.1. The average Bonchev–Trinajstić information content (AvgIpc) is 2.54. The molecular weight excluding hydrogens is 224 g/mol. The quantitative estimate of drug-likeness (QED) is 0.838. The van der Waals surface area contributed by atoms with Crippen LogP contribution >= 0.6 is 0 Å². The third kappa shape index (κ3) is 2.68. The molecular formula is C15H24N2O. The summed E-state index contributed by atoms with van der Waals surface area (Å²) < 4.78 is 0. The molecule has 0 bridgehead atoms. The summed E-state index contributed by atoms with van der Waals surface area (Å²) >= 11 is 0. The molecule has 0 radical (unpaired) electrons. The molecule has 1 heterocycles. The van der Waals surface area contributed by atoms with Crippen LogP contribution in [0.1, 0.15) is 24.5 Å². The van der Waals surface area contributed by atoms with E-state index in [1.807, 2.05) is 0 Å². The van der Waals surface area contributed by atoms with Gasteiger partial charge >= 0.3 is 0 Å². The third-order valence-electron chi connectivity index (χ3n) is 3.99. The number of anilines is 1. The summed E-state index contributed by atoms with van der Waals surface area (Å²) in [5.74, 6) is 0. The number of hydrogen-bond acceptors (Lipinski definition) is 3. The van der Waals surface area contributed by atoms with Gasteiger partial charge in [-0.15, -0.1) is 0 Å². The van der Waals surface area contributed by atoms with Gasteiger partial charge < -0.3 is 15.3 Å². The zero-order valence-corrected chi connectivity index (χ0v) is 11.6. The molecule has 2 atom stereocenters. The largest absolute Gasteiger partial charge is 0.394 e. The smallest absolute Gasteiger partial charge is 0.0648 e. The molecule has 3 nitrogen and oxygen atoms in total. The van der Waals surface area contributed by atoms with Crippen molar-refractivity contribution in [2.75, 3.05) is 24.6 Å². The molecule has 1 aliphatic rings. The summed E-state index contributed by atoms with van der Waals surface area (Å²) in [6, 6.07) is 7.21. The number of aliphatic hydroxyl groups excluding tert-OH is 1. The van der Waals surface area contributed by atoms with Gasteiger partial charge in [0.2, 0.25) is 0 Å². The van der Waals surface area contributed by atoms with E-state index in [-0.39, 0.29) is 12.6 Å². The van der Waals surface area contributed by atoms with Crippen molar-refractivity contribution in [3.05, 3.63) is 29.3 Å². The minimum absolute atomic E-state index is 0.171. The number of nitrogens with one attached hydrogen (secondary N) is 1. The summed E-state index contributed by atoms with van der Waals surface area (Å²) in [6.45, 7) is 8.60. The van der Waals surface area contributed by atoms with E-state index < -0.39 is 0 Å². The molecule has 100 valence electrons. The van der Waals surface area contributed by atoms with Crippen LogP contribution in [0, 0.1) is 13.8 Å². The first-order valence-corrected chi connectivity index (χ1v) is 6.80. The van der Waals surface area contributed by atoms with E-state index in [2.05, 4.69) is 49.2 Å². The van der Waals surface area contributed by atoms with Gasteiger partial charge in [0.15, 0.2) is 0 Å². The Morgan fingerprint density at radius 1 is 1.33 bits per heavy atom. The van der Waals surface area contributed by atoms with Gasteiger partial charge in [-0.1, -0.05) is 6.07 Å². The highest BCUT2D eigenvalue weighted by Gasteiger charge is 2.25. The molecule has 1 fully saturated rings. The van der Waals surface area contributed by atoms with Gasteiger partial charge in [0.05, 0.1) is 12.6 Å². The maximum atomic E-state index is 9.61. The lowest BCUT2D eigenvalue weighted by Crippen LogP contribution is -2.46. The molecule has 1 aromatic rings. The van der Waals surface area contributed by atoms with Crippen molar-refractivity contribution in [2.45, 2.75) is 39.3 Å². The molecule has 0 aromatic heterocycles. The second-order valence-corrected chi connectivity index (χ2v) is 5.35. The minimum Gasteiger partial charge on any atom is -0.394 e. The van der Waals surface area contributed by atoms with E-state index in [1.54, 1.807) is 0 Å². The third-order valence-corrected chi connectivity index (χ3v) is 3.99. The monoisotopic (exact) mass is 248 g/mol. The van der Waals surface area contributed by atoms with Crippen LogP contribution < -0.4 is 10.2 Å². The molecule has 2 rings (SSSR count). The van der Waals surface area contributed by atoms with Crippen LogP contribution in [0.2, 0.25) is 0 Å². The highest BCUT2D eigenvalue weighted by atomic mass is 16.3. The second kappa shape index (κ2) is 5.72. The van der Waals surface area contributed by atoms with Crippen molar-refractivity contribution in [1.82, 2.24) is 5.32 Å². The molecule has 2 N–H and O–H groups in total. The van der Waals surface area contributed by atoms with Crippen LogP contribution in [0.25, 0.3) is 0 Å². The molecule has 0 saturated carbocycles. The fourth-order valence-electron chi connectivity index (χ4n) is 2.68. The molecule has 3 heteroatoms. The number of aliphatic hydroxyl groups is 1. The number of benzene rings is 1. The van der Waals surface area contributed by atoms with Crippen LogP contribution in [0.15, 0.2) is 18.2 Å². The molecule has 1 aromatic carbocycles. The molecule has 0 amide bonds. The summed E-state index contributed by atoms with van der Waals surface area (Å²) in [7, 11) is 0. The van der Waals surface area contributed by atoms with Gasteiger partial charge in [0.1, 0.15) is 0 Å². The SMILES string of the molecule is Cc1ccc(N2C(C)CCNCC2CO)cc1C. The minimum atomic E-state index is 0.171. The highest BCUT2D eigenvalue weighted by Crippen LogP contribution is 2.25. The van der Waals surface area contributed by atoms with E-state index in [4.69, 9.17) is 0 Å². The lowest BCUT2D eigenvalue weighted by atomic mass is 10.1. The Balaban J connectivity index is 2.33. The Morgan fingerprint density at radius 2 is 2.11 bits per heavy atom. The Morgan fingerprint density at radius 3 is 2.78 bits per heavy atom. The summed E-state index contributed by atoms with van der Waals surface area (Å²) in [5, 5.41) is 13.0. The first-order valence-electron chi connectivity index (χ1n) is 6.80. The van der Waals surface area contributed by atoms with E-state index in [0.29, 0.717) is 6.04 Å². The van der Waals surface area contributed by atoms with Crippen LogP contribution in [-0.4, -0.2) is 36.9 Å². The van der Waals surface area contributed by atoms with Crippen molar-refractivity contribution < 1.29 is 5.11 Å². The predicted molar refractivity (Wildman–Crippen MR) is 76.2 cm³/mol. The van der Waals surface area contributed by atoms with Crippen molar-refractivity contribution in [1.29, 1.82) is 0 Å². The van der Waals surface area contributed by atoms with E-state index in [1.165, 1.54) is 16.8 Å². The van der Waals surface area contributed by atoms with E-state index in [0.717, 1.165) is 19.5 Å². The Labute approximate surface area is 110 Å². The van der Waals surface area contributed by atoms with Crippen LogP contribution in [0.3, 0.4) is 0 Å². The standard InChI is InChI=1S/C15H24N2O/c1-11-4-5-14(8-12(11)2)17-13(3)6-7-16-9-15(17)10-18/h4-5,8,13,15-16,18H,6-7,9-10H2,1-3H3. The molecule has 2 unspecified atom stereocenters. The fourth-order valence-corrected chi connectivity index (χ4v) is 2.68. The van der Waals surface area contributed by atoms with Gasteiger partial charge in [0, 0.05) is 18.3 Å². The van der Waals surface area contributed by atoms with Crippen LogP contribution in [0.4, 0.5) is 5.69 Å². The van der Waals surface area contributed by atoms with Crippen molar-refractivity contribution in [3.63, 3.8) is 0 Å². The number of hydrogen-bond donors (Lipinski definition) is 2. The number of aryl methyl sites for hydroxylation is 2. The molecule has 1 aliphatic heterocycles. The Hall–Kier alpha value is -1.06. The van der Waals surface area contributed by atoms with Crippen molar-refractivity contribution >= 4 is 5.69 Å². The first-order chi connectivity index (χ1) is 8.63. The summed E-state index contributed by atoms with van der Waals surface area (Å²) in [5.41, 5.74) is 3.86. The fraction of sp³-hybridized carbons (Fsp3) is 0.600. The lowest BCUT2D eigenvalue weighted by molar-refractivity contribution is 0.255. The Kier molecular flexibility index (Phi) is 4.25. The second-order valence-electron chi connectivity index (χ2n) is 5.35. The highest BCUT2D eigenvalue weighted by molar-refractivity contribution is 5.52. The van der Waals surface area contributed by atoms with Crippen molar-refractivity contribution in [3.8, 4) is 0 Å². The van der Waals surface area contributed by atoms with E-state index >= 15 is 0 Å². The van der Waals surface area contributed by atoms with Gasteiger partial charge in [0.25, 0.3) is 0 Å². The maximum absolute atomic E-state index is 9.61. The van der Waals surface area contributed by atoms with Crippen LogP contribution in [0.5, 0.6) is 0 Å².